The van der Waals surface area contributed by atoms with E-state index in [0.29, 0.717) is 0 Å². The fourth-order valence-electron chi connectivity index (χ4n) is 2.58. The van der Waals surface area contributed by atoms with E-state index in [4.69, 9.17) is 0 Å². The standard InChI is InChI=1S/C17H20FNO2S/c1-4-19(16-7-5-6-13(2)12-16)14(3)15-8-10-17(11-9-15)22(18,20)21/h5-12,14H,4H2,1-3H3. The first-order chi connectivity index (χ1) is 10.3. The lowest BCUT2D eigenvalue weighted by molar-refractivity contribution is 0.552. The van der Waals surface area contributed by atoms with Crippen LogP contribution in [-0.4, -0.2) is 15.0 Å². The lowest BCUT2D eigenvalue weighted by atomic mass is 10.1. The topological polar surface area (TPSA) is 37.4 Å². The number of aryl methyl sites for hydroxylation is 1. The summed E-state index contributed by atoms with van der Waals surface area (Å²) in [5.74, 6) is 0. The van der Waals surface area contributed by atoms with Gasteiger partial charge in [-0.1, -0.05) is 24.3 Å². The summed E-state index contributed by atoms with van der Waals surface area (Å²) in [6.07, 6.45) is 0. The fraction of sp³-hybridized carbons (Fsp3) is 0.294. The molecule has 0 heterocycles. The van der Waals surface area contributed by atoms with Crippen LogP contribution in [0.4, 0.5) is 9.57 Å². The van der Waals surface area contributed by atoms with Crippen molar-refractivity contribution in [3.63, 3.8) is 0 Å². The van der Waals surface area contributed by atoms with Gasteiger partial charge in [0.1, 0.15) is 0 Å². The summed E-state index contributed by atoms with van der Waals surface area (Å²) < 4.78 is 34.7. The van der Waals surface area contributed by atoms with Gasteiger partial charge in [-0.25, -0.2) is 0 Å². The maximum absolute atomic E-state index is 12.9. The van der Waals surface area contributed by atoms with Gasteiger partial charge in [-0.05, 0) is 56.2 Å². The van der Waals surface area contributed by atoms with Crippen LogP contribution in [0, 0.1) is 6.92 Å². The van der Waals surface area contributed by atoms with Gasteiger partial charge < -0.3 is 4.90 Å². The van der Waals surface area contributed by atoms with E-state index in [-0.39, 0.29) is 10.9 Å². The number of benzene rings is 2. The molecule has 0 fully saturated rings. The van der Waals surface area contributed by atoms with Gasteiger partial charge in [0.15, 0.2) is 0 Å². The van der Waals surface area contributed by atoms with Gasteiger partial charge in [0.05, 0.1) is 10.9 Å². The summed E-state index contributed by atoms with van der Waals surface area (Å²) in [6.45, 7) is 6.97. The van der Waals surface area contributed by atoms with Crippen molar-refractivity contribution in [2.45, 2.75) is 31.7 Å². The Kier molecular flexibility index (Phi) is 4.86. The second-order valence-corrected chi connectivity index (χ2v) is 6.65. The molecule has 2 aromatic carbocycles. The highest BCUT2D eigenvalue weighted by molar-refractivity contribution is 7.86. The molecule has 0 saturated heterocycles. The monoisotopic (exact) mass is 321 g/mol. The molecule has 0 spiro atoms. The number of anilines is 1. The molecule has 0 bridgehead atoms. The molecule has 2 rings (SSSR count). The zero-order valence-corrected chi connectivity index (χ0v) is 13.8. The molecule has 118 valence electrons. The van der Waals surface area contributed by atoms with Crippen molar-refractivity contribution >= 4 is 15.9 Å². The summed E-state index contributed by atoms with van der Waals surface area (Å²) in [6, 6.07) is 14.2. The predicted octanol–water partition coefficient (Wildman–Crippen LogP) is 4.24. The van der Waals surface area contributed by atoms with Crippen LogP contribution in [0.15, 0.2) is 53.4 Å². The molecule has 2 aromatic rings. The highest BCUT2D eigenvalue weighted by atomic mass is 32.3. The summed E-state index contributed by atoms with van der Waals surface area (Å²) in [4.78, 5) is 1.91. The van der Waals surface area contributed by atoms with Crippen LogP contribution in [0.5, 0.6) is 0 Å². The molecule has 0 aromatic heterocycles. The number of hydrogen-bond donors (Lipinski definition) is 0. The molecular weight excluding hydrogens is 301 g/mol. The smallest absolute Gasteiger partial charge is 0.332 e. The van der Waals surface area contributed by atoms with Crippen molar-refractivity contribution < 1.29 is 12.3 Å². The summed E-state index contributed by atoms with van der Waals surface area (Å²) in [5.41, 5.74) is 3.23. The second-order valence-electron chi connectivity index (χ2n) is 5.31. The van der Waals surface area contributed by atoms with E-state index in [9.17, 15) is 12.3 Å². The Bertz CT molecular complexity index is 742. The Hall–Kier alpha value is -1.88. The fourth-order valence-corrected chi connectivity index (χ4v) is 3.04. The molecule has 0 aliphatic carbocycles. The third-order valence-corrected chi connectivity index (χ3v) is 4.62. The number of rotatable bonds is 5. The molecule has 22 heavy (non-hydrogen) atoms. The van der Waals surface area contributed by atoms with Crippen LogP contribution in [0.25, 0.3) is 0 Å². The maximum Gasteiger partial charge on any atom is 0.332 e. The quantitative estimate of drug-likeness (QED) is 0.773. The molecule has 0 radical (unpaired) electrons. The molecule has 1 unspecified atom stereocenters. The van der Waals surface area contributed by atoms with Crippen LogP contribution in [0.3, 0.4) is 0 Å². The third kappa shape index (κ3) is 3.65. The van der Waals surface area contributed by atoms with Crippen molar-refractivity contribution in [2.24, 2.45) is 0 Å². The number of nitrogens with zero attached hydrogens (tertiary/aromatic N) is 1. The minimum atomic E-state index is -4.64. The van der Waals surface area contributed by atoms with Crippen molar-refractivity contribution in [1.29, 1.82) is 0 Å². The van der Waals surface area contributed by atoms with Crippen molar-refractivity contribution in [3.8, 4) is 0 Å². The van der Waals surface area contributed by atoms with E-state index in [2.05, 4.69) is 17.9 Å². The normalized spacial score (nSPS) is 12.9. The summed E-state index contributed by atoms with van der Waals surface area (Å²) in [7, 11) is -4.64. The van der Waals surface area contributed by atoms with Crippen LogP contribution < -0.4 is 4.90 Å². The zero-order valence-electron chi connectivity index (χ0n) is 13.0. The Morgan fingerprint density at radius 2 is 1.77 bits per heavy atom. The zero-order chi connectivity index (χ0) is 16.3. The predicted molar refractivity (Wildman–Crippen MR) is 87.3 cm³/mol. The van der Waals surface area contributed by atoms with Gasteiger partial charge in [-0.15, -0.1) is 3.89 Å². The number of hydrogen-bond acceptors (Lipinski definition) is 3. The highest BCUT2D eigenvalue weighted by Crippen LogP contribution is 2.28. The van der Waals surface area contributed by atoms with Crippen molar-refractivity contribution in [2.75, 3.05) is 11.4 Å². The molecule has 5 heteroatoms. The van der Waals surface area contributed by atoms with Gasteiger partial charge in [0.25, 0.3) is 0 Å². The minimum absolute atomic E-state index is 0.0585. The lowest BCUT2D eigenvalue weighted by Crippen LogP contribution is -2.26. The second kappa shape index (κ2) is 6.48. The van der Waals surface area contributed by atoms with Crippen molar-refractivity contribution in [1.82, 2.24) is 0 Å². The highest BCUT2D eigenvalue weighted by Gasteiger charge is 2.17. The Morgan fingerprint density at radius 3 is 2.27 bits per heavy atom. The van der Waals surface area contributed by atoms with E-state index < -0.39 is 10.2 Å². The summed E-state index contributed by atoms with van der Waals surface area (Å²) >= 11 is 0. The lowest BCUT2D eigenvalue weighted by Gasteiger charge is -2.31. The third-order valence-electron chi connectivity index (χ3n) is 3.79. The molecule has 0 amide bonds. The first kappa shape index (κ1) is 16.5. The molecule has 0 aliphatic rings. The van der Waals surface area contributed by atoms with E-state index in [1.165, 1.54) is 17.7 Å². The van der Waals surface area contributed by atoms with Crippen LogP contribution in [0.1, 0.15) is 31.0 Å². The van der Waals surface area contributed by atoms with E-state index >= 15 is 0 Å². The van der Waals surface area contributed by atoms with Gasteiger partial charge in [-0.2, -0.15) is 8.42 Å². The molecule has 0 saturated carbocycles. The van der Waals surface area contributed by atoms with E-state index in [0.717, 1.165) is 17.8 Å². The number of halogens is 1. The average Bonchev–Trinajstić information content (AvgIpc) is 2.47. The minimum Gasteiger partial charge on any atom is -0.365 e. The van der Waals surface area contributed by atoms with Gasteiger partial charge in [0, 0.05) is 12.2 Å². The summed E-state index contributed by atoms with van der Waals surface area (Å²) in [5, 5.41) is 0. The SMILES string of the molecule is CCN(c1cccc(C)c1)C(C)c1ccc(S(=O)(=O)F)cc1. The maximum atomic E-state index is 12.9. The largest absolute Gasteiger partial charge is 0.365 e. The van der Waals surface area contributed by atoms with Gasteiger partial charge in [-0.3, -0.25) is 0 Å². The average molecular weight is 321 g/mol. The molecule has 3 nitrogen and oxygen atoms in total. The van der Waals surface area contributed by atoms with E-state index in [1.54, 1.807) is 12.1 Å². The van der Waals surface area contributed by atoms with E-state index in [1.807, 2.05) is 32.0 Å². The van der Waals surface area contributed by atoms with Gasteiger partial charge >= 0.3 is 10.2 Å². The van der Waals surface area contributed by atoms with Crippen LogP contribution in [0.2, 0.25) is 0 Å². The molecule has 0 aliphatic heterocycles. The Morgan fingerprint density at radius 1 is 1.14 bits per heavy atom. The Balaban J connectivity index is 2.31. The van der Waals surface area contributed by atoms with Gasteiger partial charge in [0.2, 0.25) is 0 Å². The first-order valence-electron chi connectivity index (χ1n) is 7.21. The first-order valence-corrected chi connectivity index (χ1v) is 8.59. The van der Waals surface area contributed by atoms with Crippen LogP contribution in [-0.2, 0) is 10.2 Å². The molecular formula is C17H20FNO2S. The molecule has 0 N–H and O–H groups in total. The molecule has 1 atom stereocenters. The van der Waals surface area contributed by atoms with Crippen molar-refractivity contribution in [3.05, 3.63) is 59.7 Å². The Labute approximate surface area is 131 Å². The van der Waals surface area contributed by atoms with Crippen LogP contribution >= 0.6 is 0 Å².